The molecule has 0 saturated heterocycles. The van der Waals surface area contributed by atoms with Gasteiger partial charge in [-0.05, 0) is 37.0 Å². The number of rotatable bonds is 3. The summed E-state index contributed by atoms with van der Waals surface area (Å²) in [5.74, 6) is 0.426. The van der Waals surface area contributed by atoms with E-state index >= 15 is 0 Å². The number of hydrogen-bond donors (Lipinski definition) is 2. The van der Waals surface area contributed by atoms with Crippen molar-refractivity contribution in [3.63, 3.8) is 0 Å². The molecule has 0 aliphatic carbocycles. The van der Waals surface area contributed by atoms with Crippen LogP contribution in [0.3, 0.4) is 0 Å². The highest BCUT2D eigenvalue weighted by Crippen LogP contribution is 2.23. The predicted molar refractivity (Wildman–Crippen MR) is 85.3 cm³/mol. The van der Waals surface area contributed by atoms with Crippen LogP contribution in [-0.2, 0) is 6.42 Å². The van der Waals surface area contributed by atoms with E-state index in [1.807, 2.05) is 18.2 Å². The van der Waals surface area contributed by atoms with Gasteiger partial charge in [0.25, 0.3) is 5.56 Å². The van der Waals surface area contributed by atoms with Crippen LogP contribution in [0.5, 0.6) is 5.88 Å². The van der Waals surface area contributed by atoms with Gasteiger partial charge in [-0.2, -0.15) is 4.98 Å². The van der Waals surface area contributed by atoms with Crippen molar-refractivity contribution in [2.75, 3.05) is 0 Å². The Morgan fingerprint density at radius 1 is 1.43 bits per heavy atom. The Bertz CT molecular complexity index is 969. The molecular formula is C16H17N3O4. The molecule has 0 aliphatic rings. The van der Waals surface area contributed by atoms with Crippen molar-refractivity contribution < 1.29 is 14.6 Å². The monoisotopic (exact) mass is 315 g/mol. The van der Waals surface area contributed by atoms with Crippen molar-refractivity contribution in [3.8, 4) is 5.88 Å². The standard InChI is InChI=1S/C16H17N3O4/c1-8(2)6-10-4-5-12-11(7-10)17-14(20)13-18-15(23-16(21)22)9(3)19(12)13/h4-5,7-8H,6H2,1-3H3,(H,17,20)(H,21,22). The summed E-state index contributed by atoms with van der Waals surface area (Å²) in [6.07, 6.45) is -0.553. The van der Waals surface area contributed by atoms with Gasteiger partial charge in [-0.3, -0.25) is 9.20 Å². The Morgan fingerprint density at radius 2 is 2.17 bits per heavy atom. The van der Waals surface area contributed by atoms with Crippen molar-refractivity contribution in [1.82, 2.24) is 14.4 Å². The van der Waals surface area contributed by atoms with Crippen molar-refractivity contribution in [3.05, 3.63) is 39.8 Å². The number of carbonyl (C=O) groups is 1. The Morgan fingerprint density at radius 3 is 2.83 bits per heavy atom. The minimum atomic E-state index is -1.46. The molecule has 0 aliphatic heterocycles. The van der Waals surface area contributed by atoms with Gasteiger partial charge < -0.3 is 14.8 Å². The zero-order valence-electron chi connectivity index (χ0n) is 13.1. The molecule has 23 heavy (non-hydrogen) atoms. The first-order valence-electron chi connectivity index (χ1n) is 7.31. The van der Waals surface area contributed by atoms with E-state index < -0.39 is 6.16 Å². The highest BCUT2D eigenvalue weighted by atomic mass is 16.7. The molecule has 7 heteroatoms. The molecular weight excluding hydrogens is 298 g/mol. The van der Waals surface area contributed by atoms with E-state index in [4.69, 9.17) is 5.11 Å². The number of H-pyrrole nitrogens is 1. The first-order chi connectivity index (χ1) is 10.9. The van der Waals surface area contributed by atoms with Crippen molar-refractivity contribution in [1.29, 1.82) is 0 Å². The van der Waals surface area contributed by atoms with E-state index in [9.17, 15) is 9.59 Å². The molecule has 1 aromatic carbocycles. The van der Waals surface area contributed by atoms with E-state index in [-0.39, 0.29) is 17.1 Å². The summed E-state index contributed by atoms with van der Waals surface area (Å²) in [6, 6.07) is 5.83. The third-order valence-corrected chi connectivity index (χ3v) is 3.65. The number of nitrogens with zero attached hydrogens (tertiary/aromatic N) is 2. The number of benzene rings is 1. The summed E-state index contributed by atoms with van der Waals surface area (Å²) < 4.78 is 6.26. The third-order valence-electron chi connectivity index (χ3n) is 3.65. The smallest absolute Gasteiger partial charge is 0.449 e. The minimum Gasteiger partial charge on any atom is -0.449 e. The van der Waals surface area contributed by atoms with E-state index in [0.717, 1.165) is 17.5 Å². The summed E-state index contributed by atoms with van der Waals surface area (Å²) >= 11 is 0. The zero-order chi connectivity index (χ0) is 16.7. The van der Waals surface area contributed by atoms with Gasteiger partial charge in [-0.1, -0.05) is 19.9 Å². The number of aryl methyl sites for hydroxylation is 1. The Balaban J connectivity index is 2.27. The van der Waals surface area contributed by atoms with Gasteiger partial charge in [0.1, 0.15) is 0 Å². The van der Waals surface area contributed by atoms with Gasteiger partial charge in [-0.15, -0.1) is 0 Å². The molecule has 2 heterocycles. The van der Waals surface area contributed by atoms with Gasteiger partial charge in [0.15, 0.2) is 0 Å². The van der Waals surface area contributed by atoms with Crippen LogP contribution in [0.25, 0.3) is 16.7 Å². The van der Waals surface area contributed by atoms with Crippen LogP contribution >= 0.6 is 0 Å². The molecule has 2 N–H and O–H groups in total. The highest BCUT2D eigenvalue weighted by molar-refractivity contribution is 5.79. The molecule has 0 bridgehead atoms. The molecule has 0 saturated carbocycles. The summed E-state index contributed by atoms with van der Waals surface area (Å²) in [7, 11) is 0. The topological polar surface area (TPSA) is 96.7 Å². The maximum Gasteiger partial charge on any atom is 0.512 e. The molecule has 2 aromatic heterocycles. The molecule has 0 atom stereocenters. The average Bonchev–Trinajstić information content (AvgIpc) is 2.76. The molecule has 7 nitrogen and oxygen atoms in total. The molecule has 3 aromatic rings. The van der Waals surface area contributed by atoms with Crippen LogP contribution < -0.4 is 10.3 Å². The van der Waals surface area contributed by atoms with E-state index in [0.29, 0.717) is 17.1 Å². The first-order valence-corrected chi connectivity index (χ1v) is 7.31. The van der Waals surface area contributed by atoms with Gasteiger partial charge in [0.2, 0.25) is 11.5 Å². The number of nitrogens with one attached hydrogen (secondary N) is 1. The van der Waals surface area contributed by atoms with Crippen molar-refractivity contribution in [2.45, 2.75) is 27.2 Å². The second kappa shape index (κ2) is 5.42. The number of ether oxygens (including phenoxy) is 1. The lowest BCUT2D eigenvalue weighted by Crippen LogP contribution is -2.11. The van der Waals surface area contributed by atoms with Gasteiger partial charge in [0.05, 0.1) is 16.7 Å². The average molecular weight is 315 g/mol. The first kappa shape index (κ1) is 15.1. The molecule has 3 rings (SSSR count). The summed E-state index contributed by atoms with van der Waals surface area (Å²) in [5.41, 5.74) is 2.75. The fourth-order valence-corrected chi connectivity index (χ4v) is 2.76. The second-order valence-corrected chi connectivity index (χ2v) is 5.93. The Kier molecular flexibility index (Phi) is 3.55. The van der Waals surface area contributed by atoms with Crippen LogP contribution in [0.4, 0.5) is 4.79 Å². The molecule has 0 amide bonds. The number of fused-ring (bicyclic) bond motifs is 3. The van der Waals surface area contributed by atoms with Gasteiger partial charge >= 0.3 is 6.16 Å². The maximum atomic E-state index is 12.2. The van der Waals surface area contributed by atoms with E-state index in [2.05, 4.69) is 28.6 Å². The van der Waals surface area contributed by atoms with Crippen LogP contribution in [-0.4, -0.2) is 25.6 Å². The van der Waals surface area contributed by atoms with E-state index in [1.165, 1.54) is 0 Å². The maximum absolute atomic E-state index is 12.2. The lowest BCUT2D eigenvalue weighted by atomic mass is 10.0. The van der Waals surface area contributed by atoms with Crippen LogP contribution in [0.1, 0.15) is 25.1 Å². The SMILES string of the molecule is Cc1c(OC(=O)O)nc2c(=O)[nH]c3cc(CC(C)C)ccc3n12. The number of imidazole rings is 1. The molecule has 0 spiro atoms. The quantitative estimate of drug-likeness (QED) is 0.724. The number of hydrogen-bond acceptors (Lipinski definition) is 4. The molecule has 120 valence electrons. The molecule has 0 radical (unpaired) electrons. The van der Waals surface area contributed by atoms with Crippen LogP contribution in [0.2, 0.25) is 0 Å². The fraction of sp³-hybridized carbons (Fsp3) is 0.312. The Labute approximate surface area is 131 Å². The number of aromatic amines is 1. The number of carboxylic acid groups (broad SMARTS) is 1. The highest BCUT2D eigenvalue weighted by Gasteiger charge is 2.17. The van der Waals surface area contributed by atoms with Crippen molar-refractivity contribution >= 4 is 22.8 Å². The minimum absolute atomic E-state index is 0.0817. The lowest BCUT2D eigenvalue weighted by molar-refractivity contribution is 0.142. The summed E-state index contributed by atoms with van der Waals surface area (Å²) in [5, 5.41) is 8.76. The molecule has 0 unspecified atom stereocenters. The van der Waals surface area contributed by atoms with Gasteiger partial charge in [-0.25, -0.2) is 4.79 Å². The van der Waals surface area contributed by atoms with Gasteiger partial charge in [0, 0.05) is 0 Å². The van der Waals surface area contributed by atoms with Crippen LogP contribution in [0.15, 0.2) is 23.0 Å². The van der Waals surface area contributed by atoms with Crippen LogP contribution in [0, 0.1) is 12.8 Å². The summed E-state index contributed by atoms with van der Waals surface area (Å²) in [6.45, 7) is 5.93. The zero-order valence-corrected chi connectivity index (χ0v) is 13.1. The van der Waals surface area contributed by atoms with Crippen molar-refractivity contribution in [2.24, 2.45) is 5.92 Å². The second-order valence-electron chi connectivity index (χ2n) is 5.93. The number of aromatic nitrogens is 3. The largest absolute Gasteiger partial charge is 0.512 e. The Hall–Kier alpha value is -2.83. The lowest BCUT2D eigenvalue weighted by Gasteiger charge is -2.08. The summed E-state index contributed by atoms with van der Waals surface area (Å²) in [4.78, 5) is 29.8. The molecule has 0 fully saturated rings. The normalized spacial score (nSPS) is 11.5. The predicted octanol–water partition coefficient (Wildman–Crippen LogP) is 2.74. The third kappa shape index (κ3) is 2.65. The fourth-order valence-electron chi connectivity index (χ4n) is 2.76. The van der Waals surface area contributed by atoms with E-state index in [1.54, 1.807) is 11.3 Å².